The molecule has 0 amide bonds. The number of sulfone groups is 1. The molecule has 0 atom stereocenters. The Balaban J connectivity index is 3.32. The van der Waals surface area contributed by atoms with Crippen molar-refractivity contribution in [3.63, 3.8) is 0 Å². The maximum Gasteiger partial charge on any atom is 0.182 e. The van der Waals surface area contributed by atoms with Gasteiger partial charge in [-0.2, -0.15) is 0 Å². The van der Waals surface area contributed by atoms with Crippen LogP contribution in [-0.4, -0.2) is 18.7 Å². The Labute approximate surface area is 77.7 Å². The Hall–Kier alpha value is -1.10. The SMILES string of the molecule is CC(C)S(=O)(=O)c1ccncc1N. The summed E-state index contributed by atoms with van der Waals surface area (Å²) in [6, 6.07) is 1.42. The predicted octanol–water partition coefficient (Wildman–Crippen LogP) is 0.846. The van der Waals surface area contributed by atoms with Crippen LogP contribution in [0.4, 0.5) is 5.69 Å². The second-order valence-corrected chi connectivity index (χ2v) is 5.48. The zero-order valence-corrected chi connectivity index (χ0v) is 8.38. The van der Waals surface area contributed by atoms with Gasteiger partial charge in [-0.15, -0.1) is 0 Å². The van der Waals surface area contributed by atoms with Crippen molar-refractivity contribution < 1.29 is 8.42 Å². The highest BCUT2D eigenvalue weighted by Gasteiger charge is 2.21. The van der Waals surface area contributed by atoms with Gasteiger partial charge in [0.25, 0.3) is 0 Å². The van der Waals surface area contributed by atoms with E-state index in [4.69, 9.17) is 5.73 Å². The minimum absolute atomic E-state index is 0.164. The number of nitrogen functional groups attached to an aromatic ring is 1. The van der Waals surface area contributed by atoms with E-state index in [1.165, 1.54) is 18.5 Å². The van der Waals surface area contributed by atoms with Crippen LogP contribution in [0.15, 0.2) is 23.4 Å². The summed E-state index contributed by atoms with van der Waals surface area (Å²) >= 11 is 0. The molecular weight excluding hydrogens is 188 g/mol. The lowest BCUT2D eigenvalue weighted by molar-refractivity contribution is 0.587. The summed E-state index contributed by atoms with van der Waals surface area (Å²) in [5, 5.41) is -0.461. The van der Waals surface area contributed by atoms with Gasteiger partial charge >= 0.3 is 0 Å². The van der Waals surface area contributed by atoms with Crippen LogP contribution >= 0.6 is 0 Å². The van der Waals surface area contributed by atoms with Crippen molar-refractivity contribution in [3.8, 4) is 0 Å². The Bertz CT molecular complexity index is 398. The molecule has 2 N–H and O–H groups in total. The van der Waals surface area contributed by atoms with Crippen molar-refractivity contribution in [2.24, 2.45) is 0 Å². The molecule has 5 heteroatoms. The zero-order valence-electron chi connectivity index (χ0n) is 7.56. The highest BCUT2D eigenvalue weighted by molar-refractivity contribution is 7.92. The van der Waals surface area contributed by atoms with Crippen LogP contribution in [-0.2, 0) is 9.84 Å². The molecule has 0 spiro atoms. The fourth-order valence-corrected chi connectivity index (χ4v) is 2.05. The monoisotopic (exact) mass is 200 g/mol. The normalized spacial score (nSPS) is 11.9. The van der Waals surface area contributed by atoms with E-state index in [2.05, 4.69) is 4.98 Å². The molecule has 0 bridgehead atoms. The quantitative estimate of drug-likeness (QED) is 0.768. The van der Waals surface area contributed by atoms with Crippen LogP contribution in [0.5, 0.6) is 0 Å². The van der Waals surface area contributed by atoms with Crippen molar-refractivity contribution in [3.05, 3.63) is 18.5 Å². The first-order valence-electron chi connectivity index (χ1n) is 3.89. The lowest BCUT2D eigenvalue weighted by atomic mass is 10.4. The minimum Gasteiger partial charge on any atom is -0.396 e. The van der Waals surface area contributed by atoms with E-state index in [0.717, 1.165) is 0 Å². The number of hydrogen-bond donors (Lipinski definition) is 1. The average Bonchev–Trinajstić information content (AvgIpc) is 2.04. The van der Waals surface area contributed by atoms with Gasteiger partial charge in [0, 0.05) is 6.20 Å². The predicted molar refractivity (Wildman–Crippen MR) is 51.0 cm³/mol. The third-order valence-electron chi connectivity index (χ3n) is 1.74. The molecule has 1 heterocycles. The van der Waals surface area contributed by atoms with Crippen LogP contribution in [0.25, 0.3) is 0 Å². The summed E-state index contributed by atoms with van der Waals surface area (Å²) in [7, 11) is -3.27. The van der Waals surface area contributed by atoms with Gasteiger partial charge < -0.3 is 5.73 Å². The molecule has 0 aliphatic heterocycles. The van der Waals surface area contributed by atoms with Crippen molar-refractivity contribution in [1.82, 2.24) is 4.98 Å². The van der Waals surface area contributed by atoms with E-state index < -0.39 is 15.1 Å². The molecule has 0 saturated heterocycles. The Morgan fingerprint density at radius 3 is 2.54 bits per heavy atom. The van der Waals surface area contributed by atoms with Gasteiger partial charge in [-0.1, -0.05) is 0 Å². The number of hydrogen-bond acceptors (Lipinski definition) is 4. The molecule has 0 fully saturated rings. The molecule has 1 aromatic rings. The second kappa shape index (κ2) is 3.33. The highest BCUT2D eigenvalue weighted by Crippen LogP contribution is 2.20. The zero-order chi connectivity index (χ0) is 10.1. The van der Waals surface area contributed by atoms with E-state index >= 15 is 0 Å². The van der Waals surface area contributed by atoms with E-state index in [9.17, 15) is 8.42 Å². The number of aromatic nitrogens is 1. The fraction of sp³-hybridized carbons (Fsp3) is 0.375. The first-order chi connectivity index (χ1) is 5.96. The van der Waals surface area contributed by atoms with E-state index in [-0.39, 0.29) is 10.6 Å². The lowest BCUT2D eigenvalue weighted by Crippen LogP contribution is -2.15. The van der Waals surface area contributed by atoms with Gasteiger partial charge in [0.2, 0.25) is 0 Å². The van der Waals surface area contributed by atoms with E-state index in [0.29, 0.717) is 0 Å². The van der Waals surface area contributed by atoms with E-state index in [1.54, 1.807) is 13.8 Å². The summed E-state index contributed by atoms with van der Waals surface area (Å²) in [4.78, 5) is 3.89. The maximum atomic E-state index is 11.6. The smallest absolute Gasteiger partial charge is 0.182 e. The Morgan fingerprint density at radius 1 is 1.46 bits per heavy atom. The molecule has 0 radical (unpaired) electrons. The Morgan fingerprint density at radius 2 is 2.08 bits per heavy atom. The number of pyridine rings is 1. The van der Waals surface area contributed by atoms with Gasteiger partial charge in [0.1, 0.15) is 0 Å². The van der Waals surface area contributed by atoms with Crippen molar-refractivity contribution in [2.45, 2.75) is 24.0 Å². The summed E-state index contributed by atoms with van der Waals surface area (Å²) in [6.45, 7) is 3.24. The molecule has 72 valence electrons. The summed E-state index contributed by atoms with van der Waals surface area (Å²) in [5.41, 5.74) is 5.71. The molecule has 4 nitrogen and oxygen atoms in total. The number of rotatable bonds is 2. The number of nitrogens with two attached hydrogens (primary N) is 1. The van der Waals surface area contributed by atoms with Crippen LogP contribution in [0, 0.1) is 0 Å². The average molecular weight is 200 g/mol. The summed E-state index contributed by atoms with van der Waals surface area (Å²) in [6.07, 6.45) is 2.76. The van der Waals surface area contributed by atoms with Gasteiger partial charge in [-0.3, -0.25) is 4.98 Å². The summed E-state index contributed by atoms with van der Waals surface area (Å²) < 4.78 is 23.3. The fourth-order valence-electron chi connectivity index (χ4n) is 0.907. The molecule has 0 aromatic carbocycles. The first kappa shape index (κ1) is 9.98. The van der Waals surface area contributed by atoms with Crippen LogP contribution < -0.4 is 5.73 Å². The first-order valence-corrected chi connectivity index (χ1v) is 5.44. The molecule has 1 rings (SSSR count). The number of anilines is 1. The van der Waals surface area contributed by atoms with Crippen molar-refractivity contribution in [1.29, 1.82) is 0 Å². The van der Waals surface area contributed by atoms with Crippen LogP contribution in [0.3, 0.4) is 0 Å². The third-order valence-corrected chi connectivity index (χ3v) is 3.96. The molecule has 13 heavy (non-hydrogen) atoms. The van der Waals surface area contributed by atoms with Crippen LogP contribution in [0.1, 0.15) is 13.8 Å². The molecule has 0 saturated carbocycles. The molecule has 0 aliphatic carbocycles. The minimum atomic E-state index is -3.27. The molecule has 0 unspecified atom stereocenters. The topological polar surface area (TPSA) is 73.0 Å². The maximum absolute atomic E-state index is 11.6. The highest BCUT2D eigenvalue weighted by atomic mass is 32.2. The van der Waals surface area contributed by atoms with Gasteiger partial charge in [0.05, 0.1) is 22.0 Å². The lowest BCUT2D eigenvalue weighted by Gasteiger charge is -2.08. The van der Waals surface area contributed by atoms with Crippen molar-refractivity contribution in [2.75, 3.05) is 5.73 Å². The van der Waals surface area contributed by atoms with E-state index in [1.807, 2.05) is 0 Å². The second-order valence-electron chi connectivity index (χ2n) is 3.01. The van der Waals surface area contributed by atoms with Gasteiger partial charge in [-0.25, -0.2) is 8.42 Å². The third kappa shape index (κ3) is 1.80. The molecule has 0 aliphatic rings. The van der Waals surface area contributed by atoms with Crippen LogP contribution in [0.2, 0.25) is 0 Å². The van der Waals surface area contributed by atoms with Gasteiger partial charge in [0.15, 0.2) is 9.84 Å². The van der Waals surface area contributed by atoms with Crippen molar-refractivity contribution >= 4 is 15.5 Å². The molecule has 1 aromatic heterocycles. The standard InChI is InChI=1S/C8H12N2O2S/c1-6(2)13(11,12)8-3-4-10-5-7(8)9/h3-6H,9H2,1-2H3. The summed E-state index contributed by atoms with van der Waals surface area (Å²) in [5.74, 6) is 0. The number of nitrogens with zero attached hydrogens (tertiary/aromatic N) is 1. The largest absolute Gasteiger partial charge is 0.396 e. The Kier molecular flexibility index (Phi) is 2.56. The molecular formula is C8H12N2O2S. The van der Waals surface area contributed by atoms with Gasteiger partial charge in [-0.05, 0) is 19.9 Å².